The predicted molar refractivity (Wildman–Crippen MR) is 100 cm³/mol. The van der Waals surface area contributed by atoms with Gasteiger partial charge in [-0.1, -0.05) is 38.1 Å². The quantitative estimate of drug-likeness (QED) is 0.910. The molecule has 0 radical (unpaired) electrons. The van der Waals surface area contributed by atoms with Gasteiger partial charge in [-0.2, -0.15) is 0 Å². The number of likely N-dealkylation sites (tertiary alicyclic amines) is 1. The van der Waals surface area contributed by atoms with Gasteiger partial charge in [-0.05, 0) is 36.8 Å². The van der Waals surface area contributed by atoms with Gasteiger partial charge in [0.25, 0.3) is 0 Å². The molecule has 0 spiro atoms. The Kier molecular flexibility index (Phi) is 6.45. The number of piperidine rings is 1. The molecule has 1 aromatic rings. The van der Waals surface area contributed by atoms with Gasteiger partial charge in [-0.15, -0.1) is 0 Å². The maximum absolute atomic E-state index is 12.7. The van der Waals surface area contributed by atoms with E-state index in [1.165, 1.54) is 11.1 Å². The summed E-state index contributed by atoms with van der Waals surface area (Å²) in [5.74, 6) is 0.397. The van der Waals surface area contributed by atoms with E-state index in [1.54, 1.807) is 11.8 Å². The maximum Gasteiger partial charge on any atom is 0.317 e. The summed E-state index contributed by atoms with van der Waals surface area (Å²) in [5.41, 5.74) is 2.38. The number of rotatable bonds is 4. The van der Waals surface area contributed by atoms with Crippen LogP contribution < -0.4 is 5.32 Å². The lowest BCUT2D eigenvalue weighted by Gasteiger charge is -2.37. The van der Waals surface area contributed by atoms with Crippen molar-refractivity contribution in [2.75, 3.05) is 20.1 Å². The molecule has 1 aromatic carbocycles. The molecule has 0 aliphatic carbocycles. The Labute approximate surface area is 151 Å². The van der Waals surface area contributed by atoms with Gasteiger partial charge in [0.15, 0.2) is 0 Å². The Morgan fingerprint density at radius 1 is 1.20 bits per heavy atom. The van der Waals surface area contributed by atoms with Crippen LogP contribution in [0.15, 0.2) is 24.3 Å². The van der Waals surface area contributed by atoms with E-state index in [0.717, 1.165) is 12.8 Å². The minimum absolute atomic E-state index is 0.00585. The van der Waals surface area contributed by atoms with Crippen molar-refractivity contribution in [3.05, 3.63) is 35.4 Å². The van der Waals surface area contributed by atoms with Crippen LogP contribution in [0.2, 0.25) is 0 Å². The largest absolute Gasteiger partial charge is 0.343 e. The molecule has 1 fully saturated rings. The summed E-state index contributed by atoms with van der Waals surface area (Å²) in [4.78, 5) is 27.9. The minimum Gasteiger partial charge on any atom is -0.343 e. The zero-order valence-corrected chi connectivity index (χ0v) is 16.1. The smallest absolute Gasteiger partial charge is 0.317 e. The van der Waals surface area contributed by atoms with E-state index in [-0.39, 0.29) is 24.0 Å². The Balaban J connectivity index is 1.99. The normalized spacial score (nSPS) is 16.6. The number of benzene rings is 1. The minimum atomic E-state index is -0.00844. The first kappa shape index (κ1) is 19.3. The number of carbonyl (C=O) groups excluding carboxylic acids is 2. The molecule has 5 nitrogen and oxygen atoms in total. The van der Waals surface area contributed by atoms with Crippen molar-refractivity contribution in [3.8, 4) is 0 Å². The number of nitrogens with one attached hydrogen (secondary N) is 1. The van der Waals surface area contributed by atoms with Crippen LogP contribution in [0, 0.1) is 12.8 Å². The van der Waals surface area contributed by atoms with Crippen LogP contribution in [0.1, 0.15) is 50.8 Å². The lowest BCUT2D eigenvalue weighted by Crippen LogP contribution is -2.50. The molecule has 1 saturated heterocycles. The average Bonchev–Trinajstić information content (AvgIpc) is 2.59. The van der Waals surface area contributed by atoms with Crippen LogP contribution in [0.4, 0.5) is 4.79 Å². The highest BCUT2D eigenvalue weighted by Crippen LogP contribution is 2.25. The molecular weight excluding hydrogens is 314 g/mol. The van der Waals surface area contributed by atoms with Gasteiger partial charge in [0.05, 0.1) is 6.04 Å². The third-order valence-electron chi connectivity index (χ3n) is 5.27. The van der Waals surface area contributed by atoms with Crippen molar-refractivity contribution in [2.24, 2.45) is 5.92 Å². The van der Waals surface area contributed by atoms with Crippen LogP contribution >= 0.6 is 0 Å². The van der Waals surface area contributed by atoms with E-state index in [4.69, 9.17) is 0 Å². The fourth-order valence-electron chi connectivity index (χ4n) is 3.48. The second-order valence-electron chi connectivity index (χ2n) is 7.38. The second-order valence-corrected chi connectivity index (χ2v) is 7.38. The Hall–Kier alpha value is -2.04. The third kappa shape index (κ3) is 4.74. The molecule has 0 aromatic heterocycles. The lowest BCUT2D eigenvalue weighted by molar-refractivity contribution is -0.130. The molecule has 0 saturated carbocycles. The highest BCUT2D eigenvalue weighted by molar-refractivity contribution is 5.75. The van der Waals surface area contributed by atoms with Crippen molar-refractivity contribution in [1.29, 1.82) is 0 Å². The fourth-order valence-corrected chi connectivity index (χ4v) is 3.48. The molecule has 0 bridgehead atoms. The zero-order chi connectivity index (χ0) is 18.6. The molecule has 5 heteroatoms. The van der Waals surface area contributed by atoms with E-state index >= 15 is 0 Å². The summed E-state index contributed by atoms with van der Waals surface area (Å²) >= 11 is 0. The first-order valence-electron chi connectivity index (χ1n) is 9.15. The number of nitrogens with zero attached hydrogens (tertiary/aromatic N) is 2. The summed E-state index contributed by atoms with van der Waals surface area (Å²) < 4.78 is 0. The van der Waals surface area contributed by atoms with E-state index < -0.39 is 0 Å². The second kappa shape index (κ2) is 8.37. The van der Waals surface area contributed by atoms with Crippen LogP contribution in [0.25, 0.3) is 0 Å². The Bertz CT molecular complexity index is 607. The first-order chi connectivity index (χ1) is 11.8. The van der Waals surface area contributed by atoms with Crippen molar-refractivity contribution in [1.82, 2.24) is 15.1 Å². The number of carbonyl (C=O) groups is 2. The van der Waals surface area contributed by atoms with Crippen molar-refractivity contribution in [3.63, 3.8) is 0 Å². The Morgan fingerprint density at radius 2 is 1.80 bits per heavy atom. The summed E-state index contributed by atoms with van der Waals surface area (Å²) in [6.45, 7) is 9.31. The topological polar surface area (TPSA) is 52.7 Å². The molecule has 25 heavy (non-hydrogen) atoms. The summed E-state index contributed by atoms with van der Waals surface area (Å²) in [7, 11) is 1.84. The summed E-state index contributed by atoms with van der Waals surface area (Å²) in [5, 5.41) is 3.22. The van der Waals surface area contributed by atoms with E-state index in [2.05, 4.69) is 38.2 Å². The molecule has 3 amide bonds. The number of amides is 3. The van der Waals surface area contributed by atoms with Crippen LogP contribution in [-0.2, 0) is 4.79 Å². The molecule has 2 rings (SSSR count). The maximum atomic E-state index is 12.7. The third-order valence-corrected chi connectivity index (χ3v) is 5.27. The van der Waals surface area contributed by atoms with Crippen LogP contribution in [0.3, 0.4) is 0 Å². The van der Waals surface area contributed by atoms with Crippen molar-refractivity contribution < 1.29 is 9.59 Å². The van der Waals surface area contributed by atoms with E-state index in [9.17, 15) is 9.59 Å². The van der Waals surface area contributed by atoms with Crippen LogP contribution in [-0.4, -0.2) is 47.9 Å². The van der Waals surface area contributed by atoms with Gasteiger partial charge in [0.2, 0.25) is 5.91 Å². The number of aryl methyl sites for hydroxylation is 1. The fraction of sp³-hybridized carbons (Fsp3) is 0.600. The molecular formula is C20H31N3O2. The molecule has 1 aliphatic rings. The highest BCUT2D eigenvalue weighted by atomic mass is 16.2. The van der Waals surface area contributed by atoms with Gasteiger partial charge in [-0.25, -0.2) is 4.79 Å². The molecule has 1 heterocycles. The standard InChI is InChI=1S/C20H31N3O2/c1-14(2)19(18-9-7-6-8-15(18)3)21-20(25)23-12-10-17(11-13-23)22(5)16(4)24/h6-9,14,17,19H,10-13H2,1-5H3,(H,21,25)/t19-/m1/s1. The van der Waals surface area contributed by atoms with Gasteiger partial charge in [-0.3, -0.25) is 4.79 Å². The van der Waals surface area contributed by atoms with Crippen LogP contribution in [0.5, 0.6) is 0 Å². The first-order valence-corrected chi connectivity index (χ1v) is 9.15. The van der Waals surface area contributed by atoms with Gasteiger partial charge < -0.3 is 15.1 Å². The summed E-state index contributed by atoms with van der Waals surface area (Å²) in [6, 6.07) is 8.45. The number of urea groups is 1. The molecule has 1 N–H and O–H groups in total. The van der Waals surface area contributed by atoms with E-state index in [0.29, 0.717) is 19.0 Å². The number of hydrogen-bond donors (Lipinski definition) is 1. The summed E-state index contributed by atoms with van der Waals surface area (Å²) in [6.07, 6.45) is 1.67. The van der Waals surface area contributed by atoms with Crippen molar-refractivity contribution in [2.45, 2.75) is 52.6 Å². The predicted octanol–water partition coefficient (Wildman–Crippen LogP) is 3.34. The van der Waals surface area contributed by atoms with E-state index in [1.807, 2.05) is 24.1 Å². The van der Waals surface area contributed by atoms with Crippen molar-refractivity contribution >= 4 is 11.9 Å². The van der Waals surface area contributed by atoms with Gasteiger partial charge in [0.1, 0.15) is 0 Å². The van der Waals surface area contributed by atoms with Gasteiger partial charge >= 0.3 is 6.03 Å². The SMILES string of the molecule is CC(=O)N(C)C1CCN(C(=O)N[C@@H](c2ccccc2C)C(C)C)CC1. The Morgan fingerprint density at radius 3 is 2.32 bits per heavy atom. The lowest BCUT2D eigenvalue weighted by atomic mass is 9.93. The average molecular weight is 345 g/mol. The molecule has 138 valence electrons. The zero-order valence-electron chi connectivity index (χ0n) is 16.1. The highest BCUT2D eigenvalue weighted by Gasteiger charge is 2.28. The monoisotopic (exact) mass is 345 g/mol. The molecule has 0 unspecified atom stereocenters. The molecule has 1 aliphatic heterocycles. The number of hydrogen-bond acceptors (Lipinski definition) is 2. The molecule has 1 atom stereocenters. The van der Waals surface area contributed by atoms with Gasteiger partial charge in [0, 0.05) is 33.1 Å².